The number of alkyl halides is 3. The molecule has 1 heterocycles. The van der Waals surface area contributed by atoms with Gasteiger partial charge in [0.05, 0.1) is 13.0 Å². The number of hydrogen-bond acceptors (Lipinski definition) is 3. The minimum absolute atomic E-state index is 0.0156. The summed E-state index contributed by atoms with van der Waals surface area (Å²) in [6.45, 7) is -0.118. The molecule has 0 aliphatic heterocycles. The lowest BCUT2D eigenvalue weighted by Gasteiger charge is -2.12. The maximum Gasteiger partial charge on any atom is 0.390 e. The molecule has 1 rings (SSSR count). The average molecular weight is 292 g/mol. The van der Waals surface area contributed by atoms with Crippen molar-refractivity contribution < 1.29 is 22.4 Å². The molecule has 1 amide bonds. The number of nitrogens with one attached hydrogen (secondary N) is 2. The highest BCUT2D eigenvalue weighted by molar-refractivity contribution is 5.89. The van der Waals surface area contributed by atoms with Crippen LogP contribution in [0.25, 0.3) is 0 Å². The second-order valence-electron chi connectivity index (χ2n) is 3.85. The van der Waals surface area contributed by atoms with Gasteiger partial charge in [0.15, 0.2) is 11.7 Å². The van der Waals surface area contributed by atoms with Gasteiger partial charge in [-0.2, -0.15) is 13.2 Å². The molecule has 1 aromatic heterocycles. The Morgan fingerprint density at radius 3 is 2.60 bits per heavy atom. The minimum Gasteiger partial charge on any atom is -0.454 e. The fraction of sp³-hybridized carbons (Fsp3) is 0.455. The molecular weight excluding hydrogens is 277 g/mol. The van der Waals surface area contributed by atoms with E-state index in [4.69, 9.17) is 10.2 Å². The SMILES string of the molecule is CN=C(NCCC(F)(F)F)NCc1ccc(C(N)=O)o1. The predicted molar refractivity (Wildman–Crippen MR) is 66.1 cm³/mol. The van der Waals surface area contributed by atoms with Crippen LogP contribution >= 0.6 is 0 Å². The number of carbonyl (C=O) groups is 1. The van der Waals surface area contributed by atoms with Crippen LogP contribution in [0, 0.1) is 0 Å². The summed E-state index contributed by atoms with van der Waals surface area (Å²) in [6, 6.07) is 2.95. The van der Waals surface area contributed by atoms with Gasteiger partial charge < -0.3 is 20.8 Å². The molecule has 0 aliphatic rings. The van der Waals surface area contributed by atoms with E-state index in [0.717, 1.165) is 0 Å². The first kappa shape index (κ1) is 15.9. The standard InChI is InChI=1S/C11H15F3N4O2/c1-16-10(17-5-4-11(12,13)14)18-6-7-2-3-8(20-7)9(15)19/h2-3H,4-6H2,1H3,(H2,15,19)(H2,16,17,18). The third kappa shape index (κ3) is 5.63. The summed E-state index contributed by atoms with van der Waals surface area (Å²) in [7, 11) is 1.43. The Bertz CT molecular complexity index is 482. The van der Waals surface area contributed by atoms with Crippen molar-refractivity contribution >= 4 is 11.9 Å². The molecule has 0 aliphatic carbocycles. The minimum atomic E-state index is -4.22. The van der Waals surface area contributed by atoms with Crippen molar-refractivity contribution in [1.82, 2.24) is 10.6 Å². The number of guanidine groups is 1. The number of carbonyl (C=O) groups excluding carboxylic acids is 1. The normalized spacial score (nSPS) is 12.3. The molecular formula is C11H15F3N4O2. The molecule has 0 saturated heterocycles. The average Bonchev–Trinajstić information content (AvgIpc) is 2.81. The first-order valence-electron chi connectivity index (χ1n) is 5.71. The van der Waals surface area contributed by atoms with E-state index in [1.807, 2.05) is 0 Å². The Balaban J connectivity index is 2.39. The first-order valence-corrected chi connectivity index (χ1v) is 5.71. The molecule has 0 bridgehead atoms. The summed E-state index contributed by atoms with van der Waals surface area (Å²) in [4.78, 5) is 14.6. The zero-order valence-corrected chi connectivity index (χ0v) is 10.8. The quantitative estimate of drug-likeness (QED) is 0.557. The number of aliphatic imine (C=N–C) groups is 1. The Labute approximate surface area is 113 Å². The molecule has 0 atom stereocenters. The van der Waals surface area contributed by atoms with Gasteiger partial charge in [-0.3, -0.25) is 9.79 Å². The van der Waals surface area contributed by atoms with Gasteiger partial charge in [-0.15, -0.1) is 0 Å². The maximum atomic E-state index is 12.0. The van der Waals surface area contributed by atoms with Crippen LogP contribution in [-0.4, -0.2) is 31.6 Å². The van der Waals surface area contributed by atoms with Gasteiger partial charge in [-0.1, -0.05) is 0 Å². The molecule has 0 spiro atoms. The Hall–Kier alpha value is -2.19. The van der Waals surface area contributed by atoms with Crippen molar-refractivity contribution in [3.63, 3.8) is 0 Å². The van der Waals surface area contributed by atoms with E-state index >= 15 is 0 Å². The Kier molecular flexibility index (Phi) is 5.42. The van der Waals surface area contributed by atoms with E-state index in [0.29, 0.717) is 5.76 Å². The molecule has 0 radical (unpaired) electrons. The number of amides is 1. The number of rotatable bonds is 5. The van der Waals surface area contributed by atoms with Crippen molar-refractivity contribution in [2.75, 3.05) is 13.6 Å². The fourth-order valence-electron chi connectivity index (χ4n) is 1.32. The van der Waals surface area contributed by atoms with Crippen LogP contribution in [0.5, 0.6) is 0 Å². The highest BCUT2D eigenvalue weighted by Crippen LogP contribution is 2.18. The van der Waals surface area contributed by atoms with Crippen molar-refractivity contribution in [3.8, 4) is 0 Å². The number of halogens is 3. The highest BCUT2D eigenvalue weighted by atomic mass is 19.4. The van der Waals surface area contributed by atoms with Crippen LogP contribution in [-0.2, 0) is 6.54 Å². The first-order chi connectivity index (χ1) is 9.31. The molecule has 4 N–H and O–H groups in total. The van der Waals surface area contributed by atoms with Gasteiger partial charge in [-0.05, 0) is 12.1 Å². The van der Waals surface area contributed by atoms with Gasteiger partial charge in [0.1, 0.15) is 5.76 Å². The number of furan rings is 1. The monoisotopic (exact) mass is 292 g/mol. The van der Waals surface area contributed by atoms with Crippen molar-refractivity contribution in [2.45, 2.75) is 19.1 Å². The zero-order chi connectivity index (χ0) is 15.2. The van der Waals surface area contributed by atoms with Crippen LogP contribution in [0.15, 0.2) is 21.5 Å². The largest absolute Gasteiger partial charge is 0.454 e. The molecule has 1 aromatic rings. The van der Waals surface area contributed by atoms with Crippen LogP contribution in [0.3, 0.4) is 0 Å². The lowest BCUT2D eigenvalue weighted by atomic mass is 10.4. The van der Waals surface area contributed by atoms with E-state index in [1.54, 1.807) is 0 Å². The lowest BCUT2D eigenvalue weighted by molar-refractivity contribution is -0.132. The van der Waals surface area contributed by atoms with Gasteiger partial charge in [0.2, 0.25) is 0 Å². The highest BCUT2D eigenvalue weighted by Gasteiger charge is 2.26. The second kappa shape index (κ2) is 6.83. The third-order valence-corrected chi connectivity index (χ3v) is 2.26. The molecule has 6 nitrogen and oxygen atoms in total. The van der Waals surface area contributed by atoms with Crippen molar-refractivity contribution in [1.29, 1.82) is 0 Å². The summed E-state index contributed by atoms with van der Waals surface area (Å²) >= 11 is 0. The second-order valence-corrected chi connectivity index (χ2v) is 3.85. The predicted octanol–water partition coefficient (Wildman–Crippen LogP) is 0.996. The van der Waals surface area contributed by atoms with Crippen LogP contribution in [0.4, 0.5) is 13.2 Å². The lowest BCUT2D eigenvalue weighted by Crippen LogP contribution is -2.38. The van der Waals surface area contributed by atoms with Crippen molar-refractivity contribution in [3.05, 3.63) is 23.7 Å². The number of nitrogens with two attached hydrogens (primary N) is 1. The zero-order valence-electron chi connectivity index (χ0n) is 10.8. The number of hydrogen-bond donors (Lipinski definition) is 3. The van der Waals surface area contributed by atoms with Gasteiger partial charge >= 0.3 is 6.18 Å². The molecule has 9 heteroatoms. The summed E-state index contributed by atoms with van der Waals surface area (Å²) in [5.74, 6) is -0.0606. The summed E-state index contributed by atoms with van der Waals surface area (Å²) in [5.41, 5.74) is 5.02. The molecule has 112 valence electrons. The number of nitrogens with zero attached hydrogens (tertiary/aromatic N) is 1. The molecule has 0 fully saturated rings. The van der Waals surface area contributed by atoms with Gasteiger partial charge in [0.25, 0.3) is 5.91 Å². The van der Waals surface area contributed by atoms with Crippen LogP contribution in [0.1, 0.15) is 22.7 Å². The van der Waals surface area contributed by atoms with E-state index in [2.05, 4.69) is 15.6 Å². The molecule has 0 unspecified atom stereocenters. The fourth-order valence-corrected chi connectivity index (χ4v) is 1.32. The van der Waals surface area contributed by atoms with E-state index in [-0.39, 0.29) is 24.8 Å². The summed E-state index contributed by atoms with van der Waals surface area (Å²) < 4.78 is 41.0. The number of primary amides is 1. The van der Waals surface area contributed by atoms with E-state index < -0.39 is 18.5 Å². The maximum absolute atomic E-state index is 12.0. The van der Waals surface area contributed by atoms with E-state index in [1.165, 1.54) is 19.2 Å². The molecule has 20 heavy (non-hydrogen) atoms. The molecule has 0 saturated carbocycles. The van der Waals surface area contributed by atoms with E-state index in [9.17, 15) is 18.0 Å². The molecule has 0 aromatic carbocycles. The Morgan fingerprint density at radius 2 is 2.10 bits per heavy atom. The van der Waals surface area contributed by atoms with Crippen LogP contribution in [0.2, 0.25) is 0 Å². The van der Waals surface area contributed by atoms with Crippen molar-refractivity contribution in [2.24, 2.45) is 10.7 Å². The summed E-state index contributed by atoms with van der Waals surface area (Å²) in [6.07, 6.45) is -5.18. The van der Waals surface area contributed by atoms with Gasteiger partial charge in [0, 0.05) is 13.6 Å². The summed E-state index contributed by atoms with van der Waals surface area (Å²) in [5, 5.41) is 5.26. The van der Waals surface area contributed by atoms with Crippen LogP contribution < -0.4 is 16.4 Å². The third-order valence-electron chi connectivity index (χ3n) is 2.26. The Morgan fingerprint density at radius 1 is 1.40 bits per heavy atom. The smallest absolute Gasteiger partial charge is 0.390 e. The topological polar surface area (TPSA) is 92.6 Å². The van der Waals surface area contributed by atoms with Gasteiger partial charge in [-0.25, -0.2) is 0 Å².